The minimum atomic E-state index is -1.48. The maximum absolute atomic E-state index is 11.2. The third kappa shape index (κ3) is 2.93. The van der Waals surface area contributed by atoms with Crippen LogP contribution in [0.5, 0.6) is 11.6 Å². The molecule has 1 aromatic carbocycles. The molecule has 0 amide bonds. The first-order valence-electron chi connectivity index (χ1n) is 5.57. The molecule has 0 radical (unpaired) electrons. The van der Waals surface area contributed by atoms with E-state index in [1.807, 2.05) is 6.07 Å². The third-order valence-electron chi connectivity index (χ3n) is 2.49. The molecule has 1 N–H and O–H groups in total. The van der Waals surface area contributed by atoms with Gasteiger partial charge in [-0.25, -0.2) is 9.78 Å². The summed E-state index contributed by atoms with van der Waals surface area (Å²) < 4.78 is 5.26. The summed E-state index contributed by atoms with van der Waals surface area (Å²) in [5, 5.41) is 28.6. The number of carboxylic acids is 1. The van der Waals surface area contributed by atoms with Crippen LogP contribution >= 0.6 is 0 Å². The van der Waals surface area contributed by atoms with Crippen LogP contribution in [0.2, 0.25) is 0 Å². The highest BCUT2D eigenvalue weighted by Gasteiger charge is 2.25. The van der Waals surface area contributed by atoms with Crippen molar-refractivity contribution in [3.05, 3.63) is 57.8 Å². The van der Waals surface area contributed by atoms with Crippen molar-refractivity contribution < 1.29 is 19.6 Å². The van der Waals surface area contributed by atoms with Gasteiger partial charge in [0.05, 0.1) is 10.5 Å². The highest BCUT2D eigenvalue weighted by atomic mass is 16.6. The molecule has 1 heterocycles. The van der Waals surface area contributed by atoms with Gasteiger partial charge in [-0.05, 0) is 12.1 Å². The first-order valence-corrected chi connectivity index (χ1v) is 5.57. The Morgan fingerprint density at radius 2 is 2.14 bits per heavy atom. The molecular formula is C13H7N3O5. The van der Waals surface area contributed by atoms with E-state index in [2.05, 4.69) is 4.98 Å². The number of carboxylic acid groups (broad SMARTS) is 1. The van der Waals surface area contributed by atoms with Gasteiger partial charge in [0, 0.05) is 18.3 Å². The molecule has 104 valence electrons. The van der Waals surface area contributed by atoms with Crippen molar-refractivity contribution in [2.45, 2.75) is 0 Å². The predicted molar refractivity (Wildman–Crippen MR) is 69.1 cm³/mol. The number of rotatable bonds is 4. The van der Waals surface area contributed by atoms with Gasteiger partial charge in [0.2, 0.25) is 5.88 Å². The molecule has 0 aliphatic rings. The van der Waals surface area contributed by atoms with E-state index < -0.39 is 22.1 Å². The van der Waals surface area contributed by atoms with Gasteiger partial charge in [-0.3, -0.25) is 10.1 Å². The number of hydrogen-bond acceptors (Lipinski definition) is 6. The van der Waals surface area contributed by atoms with Crippen LogP contribution in [-0.4, -0.2) is 21.0 Å². The topological polar surface area (TPSA) is 126 Å². The first-order chi connectivity index (χ1) is 10.0. The van der Waals surface area contributed by atoms with Gasteiger partial charge in [0.15, 0.2) is 11.3 Å². The average molecular weight is 285 g/mol. The summed E-state index contributed by atoms with van der Waals surface area (Å²) in [5.41, 5.74) is -0.831. The lowest BCUT2D eigenvalue weighted by molar-refractivity contribution is -0.385. The molecule has 0 spiro atoms. The number of benzene rings is 1. The lowest BCUT2D eigenvalue weighted by Crippen LogP contribution is -2.05. The molecule has 0 saturated carbocycles. The number of nitrogens with zero attached hydrogens (tertiary/aromatic N) is 3. The van der Waals surface area contributed by atoms with Gasteiger partial charge >= 0.3 is 5.97 Å². The van der Waals surface area contributed by atoms with E-state index in [0.717, 1.165) is 6.07 Å². The molecule has 0 atom stereocenters. The molecule has 0 aliphatic heterocycles. The Kier molecular flexibility index (Phi) is 3.76. The van der Waals surface area contributed by atoms with Gasteiger partial charge in [0.25, 0.3) is 5.69 Å². The van der Waals surface area contributed by atoms with Crippen molar-refractivity contribution in [2.24, 2.45) is 0 Å². The predicted octanol–water partition coefficient (Wildman–Crippen LogP) is 2.35. The Morgan fingerprint density at radius 3 is 2.67 bits per heavy atom. The van der Waals surface area contributed by atoms with E-state index in [1.54, 1.807) is 0 Å². The zero-order valence-corrected chi connectivity index (χ0v) is 10.4. The molecule has 0 fully saturated rings. The Morgan fingerprint density at radius 1 is 1.38 bits per heavy atom. The van der Waals surface area contributed by atoms with E-state index >= 15 is 0 Å². The highest BCUT2D eigenvalue weighted by Crippen LogP contribution is 2.31. The number of hydrogen-bond donors (Lipinski definition) is 1. The van der Waals surface area contributed by atoms with Crippen molar-refractivity contribution in [1.82, 2.24) is 4.98 Å². The maximum atomic E-state index is 11.2. The molecule has 0 saturated heterocycles. The molecule has 0 unspecified atom stereocenters. The molecule has 2 rings (SSSR count). The van der Waals surface area contributed by atoms with Crippen LogP contribution in [0.1, 0.15) is 15.9 Å². The monoisotopic (exact) mass is 285 g/mol. The summed E-state index contributed by atoms with van der Waals surface area (Å²) >= 11 is 0. The van der Waals surface area contributed by atoms with Crippen molar-refractivity contribution in [2.75, 3.05) is 0 Å². The minimum Gasteiger partial charge on any atom is -0.477 e. The first kappa shape index (κ1) is 14.0. The second kappa shape index (κ2) is 5.66. The van der Waals surface area contributed by atoms with Crippen LogP contribution in [0.25, 0.3) is 0 Å². The van der Waals surface area contributed by atoms with Crippen LogP contribution in [0.3, 0.4) is 0 Å². The lowest BCUT2D eigenvalue weighted by Gasteiger charge is -2.07. The average Bonchev–Trinajstić information content (AvgIpc) is 2.47. The second-order valence-electron chi connectivity index (χ2n) is 3.81. The zero-order valence-electron chi connectivity index (χ0n) is 10.4. The van der Waals surface area contributed by atoms with E-state index in [9.17, 15) is 14.9 Å². The van der Waals surface area contributed by atoms with Crippen molar-refractivity contribution in [1.29, 1.82) is 5.26 Å². The number of pyridine rings is 1. The molecular weight excluding hydrogens is 278 g/mol. The Hall–Kier alpha value is -3.47. The Balaban J connectivity index is 2.44. The molecule has 0 bridgehead atoms. The van der Waals surface area contributed by atoms with Crippen LogP contribution in [-0.2, 0) is 0 Å². The van der Waals surface area contributed by atoms with Gasteiger partial charge in [-0.1, -0.05) is 6.07 Å². The number of ether oxygens (including phenoxy) is 1. The number of nitriles is 1. The van der Waals surface area contributed by atoms with Gasteiger partial charge in [-0.15, -0.1) is 0 Å². The van der Waals surface area contributed by atoms with Gasteiger partial charge < -0.3 is 9.84 Å². The summed E-state index contributed by atoms with van der Waals surface area (Å²) in [5.74, 6) is -1.66. The maximum Gasteiger partial charge on any atom is 0.346 e. The fourth-order valence-corrected chi connectivity index (χ4v) is 1.59. The van der Waals surface area contributed by atoms with Crippen molar-refractivity contribution >= 4 is 11.7 Å². The summed E-state index contributed by atoms with van der Waals surface area (Å²) in [6, 6.07) is 8.33. The number of carbonyl (C=O) groups is 1. The third-order valence-corrected chi connectivity index (χ3v) is 2.49. The van der Waals surface area contributed by atoms with E-state index in [1.165, 1.54) is 30.5 Å². The van der Waals surface area contributed by atoms with Gasteiger partial charge in [0.1, 0.15) is 6.07 Å². The zero-order chi connectivity index (χ0) is 15.4. The largest absolute Gasteiger partial charge is 0.477 e. The molecule has 1 aromatic heterocycles. The number of aromatic carboxylic acids is 1. The normalized spacial score (nSPS) is 9.67. The number of aromatic nitrogens is 1. The highest BCUT2D eigenvalue weighted by molar-refractivity contribution is 5.95. The van der Waals surface area contributed by atoms with Crippen LogP contribution in [0.4, 0.5) is 5.69 Å². The quantitative estimate of drug-likeness (QED) is 0.674. The van der Waals surface area contributed by atoms with Crippen LogP contribution < -0.4 is 4.74 Å². The fourth-order valence-electron chi connectivity index (χ4n) is 1.59. The molecule has 2 aromatic rings. The minimum absolute atomic E-state index is 0.0250. The summed E-state index contributed by atoms with van der Waals surface area (Å²) in [7, 11) is 0. The summed E-state index contributed by atoms with van der Waals surface area (Å²) in [4.78, 5) is 25.0. The van der Waals surface area contributed by atoms with E-state index in [-0.39, 0.29) is 11.6 Å². The Bertz CT molecular complexity index is 749. The standard InChI is InChI=1S/C13H7N3O5/c14-6-8-4-5-11(15-7-8)21-10-3-1-2-9(16(19)20)12(10)13(17)18/h1-5,7H,(H,17,18). The molecule has 8 heteroatoms. The Labute approximate surface area is 118 Å². The summed E-state index contributed by atoms with van der Waals surface area (Å²) in [6.07, 6.45) is 1.24. The lowest BCUT2D eigenvalue weighted by atomic mass is 10.1. The fraction of sp³-hybridized carbons (Fsp3) is 0. The van der Waals surface area contributed by atoms with Crippen molar-refractivity contribution in [3.63, 3.8) is 0 Å². The molecule has 0 aliphatic carbocycles. The van der Waals surface area contributed by atoms with E-state index in [0.29, 0.717) is 5.56 Å². The molecule has 21 heavy (non-hydrogen) atoms. The summed E-state index contributed by atoms with van der Waals surface area (Å²) in [6.45, 7) is 0. The SMILES string of the molecule is N#Cc1ccc(Oc2cccc([N+](=O)[O-])c2C(=O)O)nc1. The smallest absolute Gasteiger partial charge is 0.346 e. The number of nitro groups is 1. The molecule has 8 nitrogen and oxygen atoms in total. The van der Waals surface area contributed by atoms with Crippen molar-refractivity contribution in [3.8, 4) is 17.7 Å². The van der Waals surface area contributed by atoms with Gasteiger partial charge in [-0.2, -0.15) is 5.26 Å². The van der Waals surface area contributed by atoms with E-state index in [4.69, 9.17) is 15.1 Å². The second-order valence-corrected chi connectivity index (χ2v) is 3.81. The number of nitro benzene ring substituents is 1. The van der Waals surface area contributed by atoms with Crippen LogP contribution in [0, 0.1) is 21.4 Å². The van der Waals surface area contributed by atoms with Crippen LogP contribution in [0.15, 0.2) is 36.5 Å².